The number of amides is 1. The quantitative estimate of drug-likeness (QED) is 0.759. The first-order chi connectivity index (χ1) is 9.38. The maximum Gasteiger partial charge on any atom is 0.335 e. The second-order valence-electron chi connectivity index (χ2n) is 4.34. The number of carboxylic acids is 1. The third-order valence-electron chi connectivity index (χ3n) is 2.88. The Kier molecular flexibility index (Phi) is 3.76. The Morgan fingerprint density at radius 2 is 1.90 bits per heavy atom. The van der Waals surface area contributed by atoms with Crippen molar-refractivity contribution in [2.45, 2.75) is 13.8 Å². The van der Waals surface area contributed by atoms with Crippen LogP contribution in [0, 0.1) is 13.8 Å². The van der Waals surface area contributed by atoms with E-state index in [1.54, 1.807) is 6.07 Å². The fourth-order valence-corrected chi connectivity index (χ4v) is 2.57. The molecular formula is C14H13NO4S. The number of anilines is 1. The molecule has 0 saturated heterocycles. The lowest BCUT2D eigenvalue weighted by Gasteiger charge is -2.06. The molecule has 5 nitrogen and oxygen atoms in total. The smallest absolute Gasteiger partial charge is 0.335 e. The number of hydrogen-bond acceptors (Lipinski definition) is 4. The minimum absolute atomic E-state index is 0.0386. The van der Waals surface area contributed by atoms with Gasteiger partial charge < -0.3 is 15.5 Å². The van der Waals surface area contributed by atoms with E-state index in [9.17, 15) is 14.7 Å². The van der Waals surface area contributed by atoms with E-state index in [0.717, 1.165) is 16.5 Å². The van der Waals surface area contributed by atoms with E-state index in [2.05, 4.69) is 5.32 Å². The molecule has 0 aliphatic heterocycles. The highest BCUT2D eigenvalue weighted by atomic mass is 32.1. The Labute approximate surface area is 119 Å². The molecule has 1 heterocycles. The summed E-state index contributed by atoms with van der Waals surface area (Å²) in [7, 11) is 0. The number of carboxylic acid groups (broad SMARTS) is 1. The van der Waals surface area contributed by atoms with Gasteiger partial charge in [-0.1, -0.05) is 0 Å². The lowest BCUT2D eigenvalue weighted by molar-refractivity contribution is 0.0696. The first kappa shape index (κ1) is 14.1. The molecule has 0 radical (unpaired) electrons. The molecule has 2 aromatic rings. The minimum atomic E-state index is -1.14. The first-order valence-corrected chi connectivity index (χ1v) is 6.65. The molecule has 0 fully saturated rings. The summed E-state index contributed by atoms with van der Waals surface area (Å²) in [4.78, 5) is 24.4. The van der Waals surface area contributed by atoms with Crippen LogP contribution in [-0.4, -0.2) is 22.1 Å². The predicted molar refractivity (Wildman–Crippen MR) is 76.8 cm³/mol. The van der Waals surface area contributed by atoms with E-state index in [4.69, 9.17) is 5.11 Å². The first-order valence-electron chi connectivity index (χ1n) is 5.83. The molecule has 20 heavy (non-hydrogen) atoms. The second-order valence-corrected chi connectivity index (χ2v) is 5.60. The summed E-state index contributed by atoms with van der Waals surface area (Å²) in [5, 5.41) is 21.1. The third kappa shape index (κ3) is 2.80. The molecular weight excluding hydrogens is 278 g/mol. The van der Waals surface area contributed by atoms with Crippen LogP contribution in [-0.2, 0) is 0 Å². The topological polar surface area (TPSA) is 86.6 Å². The molecule has 0 spiro atoms. The van der Waals surface area contributed by atoms with Gasteiger partial charge in [0.1, 0.15) is 5.75 Å². The highest BCUT2D eigenvalue weighted by molar-refractivity contribution is 7.14. The van der Waals surface area contributed by atoms with Crippen LogP contribution >= 0.6 is 11.3 Å². The lowest BCUT2D eigenvalue weighted by Crippen LogP contribution is -2.10. The van der Waals surface area contributed by atoms with Gasteiger partial charge in [0, 0.05) is 4.88 Å². The van der Waals surface area contributed by atoms with Gasteiger partial charge in [-0.3, -0.25) is 4.79 Å². The molecule has 3 N–H and O–H groups in total. The Balaban J connectivity index is 2.21. The number of aromatic carboxylic acids is 1. The van der Waals surface area contributed by atoms with E-state index in [0.29, 0.717) is 4.88 Å². The van der Waals surface area contributed by atoms with Gasteiger partial charge in [0.25, 0.3) is 5.91 Å². The number of nitrogens with one attached hydrogen (secondary N) is 1. The van der Waals surface area contributed by atoms with Crippen molar-refractivity contribution in [1.82, 2.24) is 0 Å². The highest BCUT2D eigenvalue weighted by Gasteiger charge is 2.14. The molecule has 0 aliphatic rings. The van der Waals surface area contributed by atoms with Crippen molar-refractivity contribution in [3.8, 4) is 5.75 Å². The van der Waals surface area contributed by atoms with Crippen LogP contribution in [0.15, 0.2) is 24.3 Å². The number of carbonyl (C=O) groups excluding carboxylic acids is 1. The number of thiophene rings is 1. The van der Waals surface area contributed by atoms with Crippen LogP contribution in [0.5, 0.6) is 5.75 Å². The third-order valence-corrected chi connectivity index (χ3v) is 4.03. The lowest BCUT2D eigenvalue weighted by atomic mass is 10.2. The molecule has 2 rings (SSSR count). The number of benzene rings is 1. The maximum absolute atomic E-state index is 12.0. The van der Waals surface area contributed by atoms with Crippen molar-refractivity contribution >= 4 is 28.9 Å². The van der Waals surface area contributed by atoms with E-state index in [-0.39, 0.29) is 22.9 Å². The van der Waals surface area contributed by atoms with Gasteiger partial charge in [0.15, 0.2) is 0 Å². The summed E-state index contributed by atoms with van der Waals surface area (Å²) in [6, 6.07) is 5.56. The Bertz CT molecular complexity index is 671. The van der Waals surface area contributed by atoms with Crippen LogP contribution in [0.4, 0.5) is 5.69 Å². The maximum atomic E-state index is 12.0. The van der Waals surface area contributed by atoms with Gasteiger partial charge >= 0.3 is 5.97 Å². The largest absolute Gasteiger partial charge is 0.506 e. The molecule has 0 bridgehead atoms. The van der Waals surface area contributed by atoms with Gasteiger partial charge in [-0.15, -0.1) is 11.3 Å². The van der Waals surface area contributed by atoms with Crippen molar-refractivity contribution in [3.63, 3.8) is 0 Å². The van der Waals surface area contributed by atoms with Gasteiger partial charge in [-0.05, 0) is 43.7 Å². The fraction of sp³-hybridized carbons (Fsp3) is 0.143. The number of phenolic OH excluding ortho intramolecular Hbond substituents is 1. The number of carbonyl (C=O) groups is 2. The zero-order chi connectivity index (χ0) is 14.9. The van der Waals surface area contributed by atoms with Crippen LogP contribution in [0.1, 0.15) is 30.5 Å². The summed E-state index contributed by atoms with van der Waals surface area (Å²) < 4.78 is 0. The predicted octanol–water partition coefficient (Wildman–Crippen LogP) is 3.02. The number of hydrogen-bond donors (Lipinski definition) is 3. The van der Waals surface area contributed by atoms with Crippen molar-refractivity contribution < 1.29 is 19.8 Å². The number of phenols is 1. The molecule has 1 aromatic heterocycles. The molecule has 6 heteroatoms. The van der Waals surface area contributed by atoms with E-state index in [1.165, 1.54) is 23.5 Å². The average molecular weight is 291 g/mol. The van der Waals surface area contributed by atoms with Gasteiger partial charge in [-0.2, -0.15) is 0 Å². The molecule has 0 atom stereocenters. The summed E-state index contributed by atoms with van der Waals surface area (Å²) in [5.41, 5.74) is 1.18. The minimum Gasteiger partial charge on any atom is -0.506 e. The zero-order valence-electron chi connectivity index (χ0n) is 10.9. The van der Waals surface area contributed by atoms with Crippen molar-refractivity contribution in [2.75, 3.05) is 5.32 Å². The zero-order valence-corrected chi connectivity index (χ0v) is 11.7. The number of rotatable bonds is 3. The summed E-state index contributed by atoms with van der Waals surface area (Å²) in [6.07, 6.45) is 0. The molecule has 1 aromatic carbocycles. The van der Waals surface area contributed by atoms with Gasteiger partial charge in [0.2, 0.25) is 0 Å². The average Bonchev–Trinajstić information content (AvgIpc) is 2.72. The number of aryl methyl sites for hydroxylation is 2. The van der Waals surface area contributed by atoms with Crippen LogP contribution in [0.2, 0.25) is 0 Å². The monoisotopic (exact) mass is 291 g/mol. The van der Waals surface area contributed by atoms with Crippen molar-refractivity contribution in [3.05, 3.63) is 45.1 Å². The Morgan fingerprint density at radius 3 is 2.40 bits per heavy atom. The summed E-state index contributed by atoms with van der Waals surface area (Å²) in [5.74, 6) is -1.74. The van der Waals surface area contributed by atoms with E-state index < -0.39 is 5.97 Å². The number of aromatic hydroxyl groups is 1. The van der Waals surface area contributed by atoms with Crippen LogP contribution in [0.3, 0.4) is 0 Å². The molecule has 104 valence electrons. The summed E-state index contributed by atoms with van der Waals surface area (Å²) in [6.45, 7) is 3.84. The van der Waals surface area contributed by atoms with Crippen LogP contribution in [0.25, 0.3) is 0 Å². The molecule has 0 saturated carbocycles. The molecule has 0 aliphatic carbocycles. The SMILES string of the molecule is Cc1cc(C(=O)Nc2ccc(C(=O)O)cc2O)sc1C. The normalized spacial score (nSPS) is 10.3. The van der Waals surface area contributed by atoms with Gasteiger partial charge in [0.05, 0.1) is 16.1 Å². The van der Waals surface area contributed by atoms with Crippen LogP contribution < -0.4 is 5.32 Å². The summed E-state index contributed by atoms with van der Waals surface area (Å²) >= 11 is 1.37. The van der Waals surface area contributed by atoms with E-state index in [1.807, 2.05) is 13.8 Å². The molecule has 1 amide bonds. The van der Waals surface area contributed by atoms with Crippen molar-refractivity contribution in [1.29, 1.82) is 0 Å². The Morgan fingerprint density at radius 1 is 1.20 bits per heavy atom. The van der Waals surface area contributed by atoms with E-state index >= 15 is 0 Å². The molecule has 0 unspecified atom stereocenters. The van der Waals surface area contributed by atoms with Crippen molar-refractivity contribution in [2.24, 2.45) is 0 Å². The van der Waals surface area contributed by atoms with Gasteiger partial charge in [-0.25, -0.2) is 4.79 Å². The fourth-order valence-electron chi connectivity index (χ4n) is 1.64. The Hall–Kier alpha value is -2.34. The standard InChI is InChI=1S/C14H13NO4S/c1-7-5-12(20-8(7)2)13(17)15-10-4-3-9(14(18)19)6-11(10)16/h3-6,16H,1-2H3,(H,15,17)(H,18,19). The highest BCUT2D eigenvalue weighted by Crippen LogP contribution is 2.27. The second kappa shape index (κ2) is 5.34.